The Bertz CT molecular complexity index is 1360. The number of aromatic nitrogens is 2. The summed E-state index contributed by atoms with van der Waals surface area (Å²) in [6, 6.07) is 6.04. The Hall–Kier alpha value is -3.47. The van der Waals surface area contributed by atoms with E-state index in [1.54, 1.807) is 26.0 Å². The summed E-state index contributed by atoms with van der Waals surface area (Å²) < 4.78 is 63.6. The Morgan fingerprint density at radius 2 is 1.94 bits per heavy atom. The van der Waals surface area contributed by atoms with Crippen molar-refractivity contribution < 1.29 is 36.6 Å². The number of fused-ring (bicyclic) bond motifs is 1. The SMILES string of the molecule is Cc1cc2oc(CC(=O)O)nc2cc1OCc1sc(-c2ccc(C(F)(F)F)c(F)c2)nc1C. The average Bonchev–Trinajstić information content (AvgIpc) is 3.26. The summed E-state index contributed by atoms with van der Waals surface area (Å²) in [4.78, 5) is 20.1. The summed E-state index contributed by atoms with van der Waals surface area (Å²) in [7, 11) is 0. The number of benzene rings is 2. The number of rotatable bonds is 6. The van der Waals surface area contributed by atoms with Gasteiger partial charge in [-0.1, -0.05) is 6.07 Å². The highest BCUT2D eigenvalue weighted by atomic mass is 32.1. The van der Waals surface area contributed by atoms with Crippen LogP contribution in [-0.4, -0.2) is 21.0 Å². The van der Waals surface area contributed by atoms with Crippen molar-refractivity contribution in [2.75, 3.05) is 0 Å². The van der Waals surface area contributed by atoms with Crippen LogP contribution in [0.25, 0.3) is 21.7 Å². The van der Waals surface area contributed by atoms with Gasteiger partial charge in [0.1, 0.15) is 35.1 Å². The number of hydrogen-bond donors (Lipinski definition) is 1. The topological polar surface area (TPSA) is 85.5 Å². The van der Waals surface area contributed by atoms with E-state index in [2.05, 4.69) is 9.97 Å². The number of aryl methyl sites for hydroxylation is 2. The minimum atomic E-state index is -4.77. The second-order valence-electron chi connectivity index (χ2n) is 7.27. The van der Waals surface area contributed by atoms with Gasteiger partial charge in [-0.2, -0.15) is 13.2 Å². The number of nitrogens with zero attached hydrogens (tertiary/aromatic N) is 2. The second kappa shape index (κ2) is 8.47. The van der Waals surface area contributed by atoms with Gasteiger partial charge < -0.3 is 14.3 Å². The molecule has 11 heteroatoms. The largest absolute Gasteiger partial charge is 0.488 e. The molecule has 2 aromatic heterocycles. The van der Waals surface area contributed by atoms with Gasteiger partial charge in [0.15, 0.2) is 5.58 Å². The zero-order valence-corrected chi connectivity index (χ0v) is 18.1. The molecule has 0 spiro atoms. The number of ether oxygens (including phenoxy) is 1. The molecule has 0 bridgehead atoms. The van der Waals surface area contributed by atoms with Gasteiger partial charge in [-0.05, 0) is 37.6 Å². The van der Waals surface area contributed by atoms with Gasteiger partial charge >= 0.3 is 12.1 Å². The lowest BCUT2D eigenvalue weighted by molar-refractivity contribution is -0.140. The smallest absolute Gasteiger partial charge is 0.419 e. The van der Waals surface area contributed by atoms with Crippen molar-refractivity contribution in [3.05, 3.63) is 63.7 Å². The van der Waals surface area contributed by atoms with E-state index in [1.807, 2.05) is 0 Å². The lowest BCUT2D eigenvalue weighted by Gasteiger charge is -2.08. The standard InChI is InChI=1S/C22H16F4N2O4S/c1-10-5-17-15(28-19(32-17)8-20(29)30)7-16(10)31-9-18-11(2)27-21(33-18)12-3-4-13(14(23)6-12)22(24,25)26/h3-7H,8-9H2,1-2H3,(H,29,30). The van der Waals surface area contributed by atoms with Gasteiger partial charge in [0.25, 0.3) is 0 Å². The first-order valence-electron chi connectivity index (χ1n) is 9.59. The molecule has 0 amide bonds. The van der Waals surface area contributed by atoms with Crippen molar-refractivity contribution in [1.29, 1.82) is 0 Å². The fraction of sp³-hybridized carbons (Fsp3) is 0.227. The van der Waals surface area contributed by atoms with Gasteiger partial charge in [0, 0.05) is 11.6 Å². The molecule has 4 rings (SSSR count). The molecule has 6 nitrogen and oxygen atoms in total. The average molecular weight is 480 g/mol. The summed E-state index contributed by atoms with van der Waals surface area (Å²) in [5, 5.41) is 9.26. The van der Waals surface area contributed by atoms with Crippen molar-refractivity contribution in [1.82, 2.24) is 9.97 Å². The van der Waals surface area contributed by atoms with Gasteiger partial charge in [-0.3, -0.25) is 4.79 Å². The number of hydrogen-bond acceptors (Lipinski definition) is 6. The van der Waals surface area contributed by atoms with Crippen LogP contribution in [0, 0.1) is 19.7 Å². The third kappa shape index (κ3) is 4.82. The molecule has 0 saturated heterocycles. The Morgan fingerprint density at radius 1 is 1.18 bits per heavy atom. The molecule has 0 aliphatic carbocycles. The van der Waals surface area contributed by atoms with Crippen LogP contribution in [-0.2, 0) is 24.0 Å². The number of thiazole rings is 1. The van der Waals surface area contributed by atoms with Crippen LogP contribution in [0.15, 0.2) is 34.7 Å². The number of carboxylic acid groups (broad SMARTS) is 1. The predicted octanol–water partition coefficient (Wildman–Crippen LogP) is 5.93. The van der Waals surface area contributed by atoms with E-state index in [9.17, 15) is 22.4 Å². The van der Waals surface area contributed by atoms with Crippen molar-refractivity contribution in [3.63, 3.8) is 0 Å². The molecular formula is C22H16F4N2O4S. The van der Waals surface area contributed by atoms with Crippen molar-refractivity contribution in [2.45, 2.75) is 33.1 Å². The summed E-state index contributed by atoms with van der Waals surface area (Å²) >= 11 is 1.19. The molecule has 0 aliphatic heterocycles. The molecule has 4 aromatic rings. The molecule has 1 N–H and O–H groups in total. The Morgan fingerprint density at radius 3 is 2.61 bits per heavy atom. The third-order valence-electron chi connectivity index (χ3n) is 4.80. The molecule has 0 aliphatic rings. The van der Waals surface area contributed by atoms with Gasteiger partial charge in [0.2, 0.25) is 5.89 Å². The zero-order valence-electron chi connectivity index (χ0n) is 17.3. The first kappa shape index (κ1) is 22.7. The quantitative estimate of drug-likeness (QED) is 0.344. The summed E-state index contributed by atoms with van der Waals surface area (Å²) in [6.45, 7) is 3.65. The van der Waals surface area contributed by atoms with Gasteiger partial charge in [-0.15, -0.1) is 11.3 Å². The van der Waals surface area contributed by atoms with Crippen LogP contribution in [0.3, 0.4) is 0 Å². The Labute approximate surface area is 188 Å². The lowest BCUT2D eigenvalue weighted by atomic mass is 10.1. The summed E-state index contributed by atoms with van der Waals surface area (Å²) in [6.07, 6.45) is -5.10. The molecule has 172 valence electrons. The Kier molecular flexibility index (Phi) is 5.83. The van der Waals surface area contributed by atoms with Gasteiger partial charge in [0.05, 0.1) is 16.1 Å². The number of aliphatic carboxylic acids is 1. The van der Waals surface area contributed by atoms with E-state index < -0.39 is 23.5 Å². The normalized spacial score (nSPS) is 11.8. The van der Waals surface area contributed by atoms with Crippen molar-refractivity contribution >= 4 is 28.4 Å². The highest BCUT2D eigenvalue weighted by molar-refractivity contribution is 7.15. The van der Waals surface area contributed by atoms with Crippen LogP contribution < -0.4 is 4.74 Å². The fourth-order valence-electron chi connectivity index (χ4n) is 3.17. The molecule has 2 heterocycles. The maximum atomic E-state index is 13.9. The zero-order chi connectivity index (χ0) is 23.9. The van der Waals surface area contributed by atoms with E-state index >= 15 is 0 Å². The minimum absolute atomic E-state index is 0.0840. The molecule has 0 unspecified atom stereocenters. The number of halogens is 4. The number of carboxylic acids is 1. The van der Waals surface area contributed by atoms with E-state index in [1.165, 1.54) is 17.4 Å². The summed E-state index contributed by atoms with van der Waals surface area (Å²) in [5.74, 6) is -1.82. The van der Waals surface area contributed by atoms with Crippen LogP contribution in [0.2, 0.25) is 0 Å². The first-order chi connectivity index (χ1) is 15.5. The number of alkyl halides is 3. The highest BCUT2D eigenvalue weighted by Gasteiger charge is 2.34. The van der Waals surface area contributed by atoms with Crippen molar-refractivity contribution in [3.8, 4) is 16.3 Å². The number of carbonyl (C=O) groups is 1. The number of oxazole rings is 1. The molecule has 0 radical (unpaired) electrons. The van der Waals surface area contributed by atoms with Crippen LogP contribution in [0.5, 0.6) is 5.75 Å². The van der Waals surface area contributed by atoms with E-state index in [-0.39, 0.29) is 24.5 Å². The molecule has 0 saturated carbocycles. The maximum Gasteiger partial charge on any atom is 0.419 e. The fourth-order valence-corrected chi connectivity index (χ4v) is 4.14. The van der Waals surface area contributed by atoms with E-state index in [0.717, 1.165) is 16.5 Å². The molecular weight excluding hydrogens is 464 g/mol. The second-order valence-corrected chi connectivity index (χ2v) is 8.36. The first-order valence-corrected chi connectivity index (χ1v) is 10.4. The Balaban J connectivity index is 1.54. The third-order valence-corrected chi connectivity index (χ3v) is 5.98. The lowest BCUT2D eigenvalue weighted by Crippen LogP contribution is -2.07. The van der Waals surface area contributed by atoms with E-state index in [4.69, 9.17) is 14.3 Å². The van der Waals surface area contributed by atoms with Crippen LogP contribution >= 0.6 is 11.3 Å². The van der Waals surface area contributed by atoms with Crippen LogP contribution in [0.1, 0.15) is 27.6 Å². The molecule has 33 heavy (non-hydrogen) atoms. The molecule has 2 aromatic carbocycles. The van der Waals surface area contributed by atoms with E-state index in [0.29, 0.717) is 33.6 Å². The predicted molar refractivity (Wildman–Crippen MR) is 112 cm³/mol. The van der Waals surface area contributed by atoms with Crippen molar-refractivity contribution in [2.24, 2.45) is 0 Å². The monoisotopic (exact) mass is 480 g/mol. The molecule has 0 atom stereocenters. The highest BCUT2D eigenvalue weighted by Crippen LogP contribution is 2.35. The van der Waals surface area contributed by atoms with Gasteiger partial charge in [-0.25, -0.2) is 14.4 Å². The molecule has 0 fully saturated rings. The minimum Gasteiger partial charge on any atom is -0.488 e. The maximum absolute atomic E-state index is 13.9. The summed E-state index contributed by atoms with van der Waals surface area (Å²) in [5.41, 5.74) is 1.16. The van der Waals surface area contributed by atoms with Crippen LogP contribution in [0.4, 0.5) is 17.6 Å².